The number of thiazole rings is 1. The highest BCUT2D eigenvalue weighted by Gasteiger charge is 2.15. The van der Waals surface area contributed by atoms with Crippen LogP contribution < -0.4 is 5.32 Å². The summed E-state index contributed by atoms with van der Waals surface area (Å²) in [6.45, 7) is 4.87. The molecule has 0 unspecified atom stereocenters. The van der Waals surface area contributed by atoms with Gasteiger partial charge in [0.25, 0.3) is 0 Å². The summed E-state index contributed by atoms with van der Waals surface area (Å²) in [6.07, 6.45) is 0. The molecule has 100 valence electrons. The van der Waals surface area contributed by atoms with E-state index in [4.69, 9.17) is 4.74 Å². The lowest BCUT2D eigenvalue weighted by atomic mass is 10.1. The number of carbonyl (C=O) groups is 1. The molecule has 0 fully saturated rings. The molecule has 5 heteroatoms. The largest absolute Gasteiger partial charge is 0.461 e. The number of aryl methyl sites for hydroxylation is 1. The molecule has 1 N–H and O–H groups in total. The Kier molecular flexibility index (Phi) is 4.52. The van der Waals surface area contributed by atoms with E-state index in [9.17, 15) is 4.79 Å². The van der Waals surface area contributed by atoms with Gasteiger partial charge in [-0.15, -0.1) is 11.3 Å². The quantitative estimate of drug-likeness (QED) is 0.852. The van der Waals surface area contributed by atoms with Crippen LogP contribution in [0.2, 0.25) is 0 Å². The summed E-state index contributed by atoms with van der Waals surface area (Å²) in [6, 6.07) is 8.14. The highest BCUT2D eigenvalue weighted by Crippen LogP contribution is 2.22. The Hall–Kier alpha value is -1.88. The zero-order valence-corrected chi connectivity index (χ0v) is 11.8. The van der Waals surface area contributed by atoms with E-state index in [1.807, 2.05) is 12.1 Å². The first-order chi connectivity index (χ1) is 9.22. The van der Waals surface area contributed by atoms with E-state index >= 15 is 0 Å². The third kappa shape index (κ3) is 3.32. The first-order valence-electron chi connectivity index (χ1n) is 6.11. The van der Waals surface area contributed by atoms with E-state index in [1.165, 1.54) is 22.5 Å². The number of rotatable bonds is 5. The van der Waals surface area contributed by atoms with Gasteiger partial charge < -0.3 is 10.1 Å². The topological polar surface area (TPSA) is 51.2 Å². The molecule has 0 aliphatic heterocycles. The molecule has 0 saturated heterocycles. The third-order valence-corrected chi connectivity index (χ3v) is 3.52. The lowest BCUT2D eigenvalue weighted by Gasteiger charge is -2.08. The predicted octanol–water partition coefficient (Wildman–Crippen LogP) is 3.24. The van der Waals surface area contributed by atoms with Gasteiger partial charge in [-0.05, 0) is 25.0 Å². The van der Waals surface area contributed by atoms with Gasteiger partial charge in [-0.2, -0.15) is 0 Å². The molecule has 0 amide bonds. The van der Waals surface area contributed by atoms with E-state index in [0.717, 1.165) is 5.00 Å². The third-order valence-electron chi connectivity index (χ3n) is 2.74. The van der Waals surface area contributed by atoms with E-state index in [-0.39, 0.29) is 5.97 Å². The summed E-state index contributed by atoms with van der Waals surface area (Å²) in [5, 5.41) is 4.00. The van der Waals surface area contributed by atoms with Gasteiger partial charge in [0, 0.05) is 6.54 Å². The Morgan fingerprint density at radius 2 is 2.21 bits per heavy atom. The molecular weight excluding hydrogens is 260 g/mol. The molecule has 0 saturated carbocycles. The van der Waals surface area contributed by atoms with Crippen molar-refractivity contribution in [2.45, 2.75) is 20.4 Å². The molecule has 19 heavy (non-hydrogen) atoms. The van der Waals surface area contributed by atoms with E-state index in [0.29, 0.717) is 18.8 Å². The monoisotopic (exact) mass is 276 g/mol. The second-order valence-electron chi connectivity index (χ2n) is 4.03. The van der Waals surface area contributed by atoms with Crippen molar-refractivity contribution < 1.29 is 9.53 Å². The number of anilines is 1. The van der Waals surface area contributed by atoms with Crippen molar-refractivity contribution in [3.63, 3.8) is 0 Å². The molecule has 0 aliphatic carbocycles. The van der Waals surface area contributed by atoms with Crippen molar-refractivity contribution in [3.8, 4) is 0 Å². The summed E-state index contributed by atoms with van der Waals surface area (Å²) in [7, 11) is 0. The maximum absolute atomic E-state index is 11.7. The molecule has 0 spiro atoms. The summed E-state index contributed by atoms with van der Waals surface area (Å²) in [5.74, 6) is -0.379. The number of benzene rings is 1. The van der Waals surface area contributed by atoms with Gasteiger partial charge in [0.1, 0.15) is 5.00 Å². The number of hydrogen-bond donors (Lipinski definition) is 1. The van der Waals surface area contributed by atoms with Crippen molar-refractivity contribution in [2.24, 2.45) is 0 Å². The molecule has 2 rings (SSSR count). The van der Waals surface area contributed by atoms with Crippen LogP contribution in [0.15, 0.2) is 29.8 Å². The predicted molar refractivity (Wildman–Crippen MR) is 76.6 cm³/mol. The summed E-state index contributed by atoms with van der Waals surface area (Å²) in [5.41, 5.74) is 4.43. The minimum atomic E-state index is -0.379. The van der Waals surface area contributed by atoms with Crippen molar-refractivity contribution in [1.29, 1.82) is 0 Å². The number of nitrogens with zero attached hydrogens (tertiary/aromatic N) is 1. The highest BCUT2D eigenvalue weighted by atomic mass is 32.1. The number of esters is 1. The first kappa shape index (κ1) is 13.5. The van der Waals surface area contributed by atoms with Crippen LogP contribution in [0, 0.1) is 6.92 Å². The van der Waals surface area contributed by atoms with Crippen molar-refractivity contribution in [1.82, 2.24) is 4.98 Å². The number of aromatic nitrogens is 1. The molecule has 0 bridgehead atoms. The SMILES string of the molecule is CCOC(=O)c1ncsc1NCc1ccccc1C. The van der Waals surface area contributed by atoms with Crippen LogP contribution in [0.5, 0.6) is 0 Å². The molecule has 1 heterocycles. The maximum Gasteiger partial charge on any atom is 0.360 e. The van der Waals surface area contributed by atoms with Crippen LogP contribution in [0.3, 0.4) is 0 Å². The average Bonchev–Trinajstić information content (AvgIpc) is 2.86. The molecule has 1 aromatic heterocycles. The number of ether oxygens (including phenoxy) is 1. The lowest BCUT2D eigenvalue weighted by molar-refractivity contribution is 0.0521. The van der Waals surface area contributed by atoms with Crippen molar-refractivity contribution >= 4 is 22.3 Å². The van der Waals surface area contributed by atoms with Crippen LogP contribution in [-0.2, 0) is 11.3 Å². The van der Waals surface area contributed by atoms with Crippen LogP contribution in [-0.4, -0.2) is 17.6 Å². The molecular formula is C14H16N2O2S. The summed E-state index contributed by atoms with van der Waals surface area (Å²) < 4.78 is 4.97. The highest BCUT2D eigenvalue weighted by molar-refractivity contribution is 7.14. The molecule has 0 atom stereocenters. The van der Waals surface area contributed by atoms with Gasteiger partial charge in [-0.3, -0.25) is 0 Å². The Balaban J connectivity index is 2.06. The minimum Gasteiger partial charge on any atom is -0.461 e. The first-order valence-corrected chi connectivity index (χ1v) is 6.99. The zero-order valence-electron chi connectivity index (χ0n) is 11.0. The molecule has 1 aromatic carbocycles. The molecule has 0 radical (unpaired) electrons. The van der Waals surface area contributed by atoms with Crippen molar-refractivity contribution in [3.05, 3.63) is 46.6 Å². The van der Waals surface area contributed by atoms with E-state index < -0.39 is 0 Å². The van der Waals surface area contributed by atoms with Gasteiger partial charge >= 0.3 is 5.97 Å². The van der Waals surface area contributed by atoms with Gasteiger partial charge in [-0.25, -0.2) is 9.78 Å². The van der Waals surface area contributed by atoms with Crippen molar-refractivity contribution in [2.75, 3.05) is 11.9 Å². The van der Waals surface area contributed by atoms with Gasteiger partial charge in [-0.1, -0.05) is 24.3 Å². The minimum absolute atomic E-state index is 0.355. The molecule has 0 aliphatic rings. The van der Waals surface area contributed by atoms with Crippen LogP contribution in [0.25, 0.3) is 0 Å². The van der Waals surface area contributed by atoms with Gasteiger partial charge in [0.15, 0.2) is 5.69 Å². The second-order valence-corrected chi connectivity index (χ2v) is 4.89. The second kappa shape index (κ2) is 6.33. The number of hydrogen-bond acceptors (Lipinski definition) is 5. The maximum atomic E-state index is 11.7. The molecule has 2 aromatic rings. The average molecular weight is 276 g/mol. The van der Waals surface area contributed by atoms with E-state index in [1.54, 1.807) is 12.4 Å². The fraction of sp³-hybridized carbons (Fsp3) is 0.286. The Labute approximate surface area is 116 Å². The zero-order chi connectivity index (χ0) is 13.7. The number of nitrogens with one attached hydrogen (secondary N) is 1. The fourth-order valence-electron chi connectivity index (χ4n) is 1.70. The molecule has 4 nitrogen and oxygen atoms in total. The van der Waals surface area contributed by atoms with Gasteiger partial charge in [0.2, 0.25) is 0 Å². The summed E-state index contributed by atoms with van der Waals surface area (Å²) in [4.78, 5) is 15.7. The number of carbonyl (C=O) groups excluding carboxylic acids is 1. The Morgan fingerprint density at radius 3 is 2.95 bits per heavy atom. The standard InChI is InChI=1S/C14H16N2O2S/c1-3-18-14(17)12-13(19-9-16-12)15-8-11-7-5-4-6-10(11)2/h4-7,9,15H,3,8H2,1-2H3. The lowest BCUT2D eigenvalue weighted by Crippen LogP contribution is -2.09. The van der Waals surface area contributed by atoms with E-state index in [2.05, 4.69) is 29.4 Å². The normalized spacial score (nSPS) is 10.2. The van der Waals surface area contributed by atoms with Crippen LogP contribution >= 0.6 is 11.3 Å². The smallest absolute Gasteiger partial charge is 0.360 e. The van der Waals surface area contributed by atoms with Crippen LogP contribution in [0.4, 0.5) is 5.00 Å². The fourth-order valence-corrected chi connectivity index (χ4v) is 2.37. The Morgan fingerprint density at radius 1 is 1.42 bits per heavy atom. The Bertz CT molecular complexity index is 566. The summed E-state index contributed by atoms with van der Waals surface area (Å²) >= 11 is 1.41. The van der Waals surface area contributed by atoms with Crippen LogP contribution in [0.1, 0.15) is 28.5 Å². The van der Waals surface area contributed by atoms with Gasteiger partial charge in [0.05, 0.1) is 12.1 Å².